The predicted molar refractivity (Wildman–Crippen MR) is 109 cm³/mol. The summed E-state index contributed by atoms with van der Waals surface area (Å²) in [5.41, 5.74) is 2.24. The number of nitrogens with zero attached hydrogens (tertiary/aromatic N) is 2. The van der Waals surface area contributed by atoms with E-state index < -0.39 is 6.10 Å². The van der Waals surface area contributed by atoms with Crippen LogP contribution in [0, 0.1) is 6.92 Å². The third kappa shape index (κ3) is 5.37. The van der Waals surface area contributed by atoms with E-state index in [1.165, 1.54) is 0 Å². The maximum absolute atomic E-state index is 10.4. The molecule has 5 nitrogen and oxygen atoms in total. The molecule has 2 aromatic carbocycles. The van der Waals surface area contributed by atoms with Gasteiger partial charge in [-0.05, 0) is 37.6 Å². The molecule has 0 radical (unpaired) electrons. The van der Waals surface area contributed by atoms with E-state index in [0.717, 1.165) is 48.9 Å². The van der Waals surface area contributed by atoms with Crippen LogP contribution in [0.5, 0.6) is 11.5 Å². The maximum Gasteiger partial charge on any atom is 0.142 e. The van der Waals surface area contributed by atoms with Crippen molar-refractivity contribution in [3.05, 3.63) is 54.1 Å². The quantitative estimate of drug-likeness (QED) is 0.774. The summed E-state index contributed by atoms with van der Waals surface area (Å²) >= 11 is 0. The molecule has 1 aliphatic rings. The molecule has 1 aliphatic heterocycles. The lowest BCUT2D eigenvalue weighted by molar-refractivity contribution is 0.0660. The Kier molecular flexibility index (Phi) is 6.96. The van der Waals surface area contributed by atoms with Crippen LogP contribution < -0.4 is 14.4 Å². The average Bonchev–Trinajstić information content (AvgIpc) is 2.69. The van der Waals surface area contributed by atoms with E-state index in [1.54, 1.807) is 0 Å². The molecule has 5 heteroatoms. The van der Waals surface area contributed by atoms with Crippen molar-refractivity contribution in [3.8, 4) is 11.5 Å². The molecule has 1 saturated heterocycles. The minimum absolute atomic E-state index is 0.318. The zero-order valence-electron chi connectivity index (χ0n) is 16.3. The molecule has 146 valence electrons. The summed E-state index contributed by atoms with van der Waals surface area (Å²) in [6.45, 7) is 9.33. The zero-order chi connectivity index (χ0) is 19.1. The Hall–Kier alpha value is -2.24. The van der Waals surface area contributed by atoms with Crippen LogP contribution >= 0.6 is 0 Å². The maximum atomic E-state index is 10.4. The number of hydrogen-bond acceptors (Lipinski definition) is 5. The van der Waals surface area contributed by atoms with Gasteiger partial charge in [0.2, 0.25) is 0 Å². The van der Waals surface area contributed by atoms with Gasteiger partial charge >= 0.3 is 0 Å². The van der Waals surface area contributed by atoms with E-state index in [9.17, 15) is 5.11 Å². The second kappa shape index (κ2) is 9.62. The van der Waals surface area contributed by atoms with Crippen molar-refractivity contribution in [3.63, 3.8) is 0 Å². The van der Waals surface area contributed by atoms with Gasteiger partial charge in [-0.15, -0.1) is 0 Å². The number of anilines is 1. The number of hydrogen-bond donors (Lipinski definition) is 1. The number of benzene rings is 2. The summed E-state index contributed by atoms with van der Waals surface area (Å²) in [6.07, 6.45) is -0.494. The minimum atomic E-state index is -0.494. The number of rotatable bonds is 8. The first kappa shape index (κ1) is 19.5. The van der Waals surface area contributed by atoms with Gasteiger partial charge in [-0.2, -0.15) is 0 Å². The first-order chi connectivity index (χ1) is 13.2. The first-order valence-electron chi connectivity index (χ1n) is 9.73. The van der Waals surface area contributed by atoms with Crippen molar-refractivity contribution in [2.45, 2.75) is 20.0 Å². The van der Waals surface area contributed by atoms with Crippen molar-refractivity contribution < 1.29 is 14.6 Å². The van der Waals surface area contributed by atoms with Crippen molar-refractivity contribution in [2.75, 3.05) is 50.8 Å². The molecule has 1 fully saturated rings. The zero-order valence-corrected chi connectivity index (χ0v) is 16.3. The number of β-amino-alcohol motifs (C(OH)–C–C–N with tert-alkyl or cyclic N) is 1. The van der Waals surface area contributed by atoms with Crippen LogP contribution in [-0.4, -0.2) is 62.0 Å². The van der Waals surface area contributed by atoms with Crippen LogP contribution in [0.3, 0.4) is 0 Å². The van der Waals surface area contributed by atoms with Crippen LogP contribution in [0.2, 0.25) is 0 Å². The molecule has 2 aromatic rings. The van der Waals surface area contributed by atoms with Gasteiger partial charge in [0.05, 0.1) is 12.3 Å². The summed E-state index contributed by atoms with van der Waals surface area (Å²) in [4.78, 5) is 4.66. The van der Waals surface area contributed by atoms with E-state index in [2.05, 4.69) is 21.9 Å². The van der Waals surface area contributed by atoms with E-state index >= 15 is 0 Å². The van der Waals surface area contributed by atoms with Crippen LogP contribution in [0.15, 0.2) is 48.5 Å². The Labute approximate surface area is 162 Å². The normalized spacial score (nSPS) is 16.2. The fourth-order valence-corrected chi connectivity index (χ4v) is 3.42. The molecule has 0 amide bonds. The summed E-state index contributed by atoms with van der Waals surface area (Å²) in [7, 11) is 0. The number of aliphatic hydroxyl groups is 1. The Bertz CT molecular complexity index is 714. The van der Waals surface area contributed by atoms with Crippen molar-refractivity contribution in [1.29, 1.82) is 0 Å². The molecule has 1 atom stereocenters. The number of piperazine rings is 1. The highest BCUT2D eigenvalue weighted by atomic mass is 16.5. The molecular formula is C22H30N2O3. The Balaban J connectivity index is 1.46. The number of para-hydroxylation sites is 3. The van der Waals surface area contributed by atoms with E-state index in [0.29, 0.717) is 19.8 Å². The lowest BCUT2D eigenvalue weighted by atomic mass is 10.2. The fourth-order valence-electron chi connectivity index (χ4n) is 3.42. The molecule has 0 aliphatic carbocycles. The predicted octanol–water partition coefficient (Wildman–Crippen LogP) is 2.96. The van der Waals surface area contributed by atoms with Gasteiger partial charge in [-0.3, -0.25) is 4.90 Å². The number of aryl methyl sites for hydroxylation is 1. The fraction of sp³-hybridized carbons (Fsp3) is 0.455. The van der Waals surface area contributed by atoms with Gasteiger partial charge in [-0.25, -0.2) is 0 Å². The minimum Gasteiger partial charge on any atom is -0.492 e. The highest BCUT2D eigenvalue weighted by Crippen LogP contribution is 2.28. The number of ether oxygens (including phenoxy) is 2. The van der Waals surface area contributed by atoms with Gasteiger partial charge in [0.25, 0.3) is 0 Å². The lowest BCUT2D eigenvalue weighted by Crippen LogP contribution is -2.49. The molecule has 0 bridgehead atoms. The van der Waals surface area contributed by atoms with Gasteiger partial charge in [-0.1, -0.05) is 30.3 Å². The first-order valence-corrected chi connectivity index (χ1v) is 9.73. The van der Waals surface area contributed by atoms with Gasteiger partial charge in [0.15, 0.2) is 0 Å². The standard InChI is InChI=1S/C22H30N2O3/c1-3-26-22-11-7-5-9-20(22)24-14-12-23(13-15-24)16-19(25)17-27-21-10-6-4-8-18(21)2/h4-11,19,25H,3,12-17H2,1-2H3. The Morgan fingerprint density at radius 1 is 0.926 bits per heavy atom. The van der Waals surface area contributed by atoms with Crippen LogP contribution in [0.1, 0.15) is 12.5 Å². The third-order valence-corrected chi connectivity index (χ3v) is 4.87. The second-order valence-electron chi connectivity index (χ2n) is 6.92. The molecular weight excluding hydrogens is 340 g/mol. The summed E-state index contributed by atoms with van der Waals surface area (Å²) in [5, 5.41) is 10.4. The summed E-state index contributed by atoms with van der Waals surface area (Å²) in [6, 6.07) is 16.1. The molecule has 1 unspecified atom stereocenters. The average molecular weight is 370 g/mol. The second-order valence-corrected chi connectivity index (χ2v) is 6.92. The van der Waals surface area contributed by atoms with Crippen LogP contribution in [0.4, 0.5) is 5.69 Å². The molecule has 0 aromatic heterocycles. The molecule has 27 heavy (non-hydrogen) atoms. The SMILES string of the molecule is CCOc1ccccc1N1CCN(CC(O)COc2ccccc2C)CC1. The van der Waals surface area contributed by atoms with E-state index in [4.69, 9.17) is 9.47 Å². The summed E-state index contributed by atoms with van der Waals surface area (Å²) < 4.78 is 11.5. The Morgan fingerprint density at radius 3 is 2.30 bits per heavy atom. The van der Waals surface area contributed by atoms with E-state index in [-0.39, 0.29) is 0 Å². The van der Waals surface area contributed by atoms with Gasteiger partial charge in [0, 0.05) is 32.7 Å². The molecule has 0 spiro atoms. The smallest absolute Gasteiger partial charge is 0.142 e. The van der Waals surface area contributed by atoms with Gasteiger partial charge in [0.1, 0.15) is 24.2 Å². The molecule has 1 heterocycles. The Morgan fingerprint density at radius 2 is 1.59 bits per heavy atom. The molecule has 1 N–H and O–H groups in total. The monoisotopic (exact) mass is 370 g/mol. The van der Waals surface area contributed by atoms with Crippen molar-refractivity contribution in [2.24, 2.45) is 0 Å². The third-order valence-electron chi connectivity index (χ3n) is 4.87. The lowest BCUT2D eigenvalue weighted by Gasteiger charge is -2.37. The molecule has 0 saturated carbocycles. The topological polar surface area (TPSA) is 45.2 Å². The van der Waals surface area contributed by atoms with E-state index in [1.807, 2.05) is 50.2 Å². The van der Waals surface area contributed by atoms with Crippen molar-refractivity contribution in [1.82, 2.24) is 4.90 Å². The number of aliphatic hydroxyl groups excluding tert-OH is 1. The highest BCUT2D eigenvalue weighted by Gasteiger charge is 2.21. The summed E-state index contributed by atoms with van der Waals surface area (Å²) in [5.74, 6) is 1.79. The molecule has 3 rings (SSSR count). The van der Waals surface area contributed by atoms with Crippen LogP contribution in [0.25, 0.3) is 0 Å². The largest absolute Gasteiger partial charge is 0.492 e. The van der Waals surface area contributed by atoms with Crippen LogP contribution in [-0.2, 0) is 0 Å². The van der Waals surface area contributed by atoms with Gasteiger partial charge < -0.3 is 19.5 Å². The van der Waals surface area contributed by atoms with Crippen molar-refractivity contribution >= 4 is 5.69 Å². The highest BCUT2D eigenvalue weighted by molar-refractivity contribution is 5.58.